The van der Waals surface area contributed by atoms with Crippen molar-refractivity contribution in [2.75, 3.05) is 13.1 Å². The summed E-state index contributed by atoms with van der Waals surface area (Å²) in [6.45, 7) is 3.04. The van der Waals surface area contributed by atoms with E-state index in [4.69, 9.17) is 5.73 Å². The van der Waals surface area contributed by atoms with Crippen LogP contribution in [0.15, 0.2) is 30.3 Å². The lowest BCUT2D eigenvalue weighted by Gasteiger charge is -2.34. The summed E-state index contributed by atoms with van der Waals surface area (Å²) in [7, 11) is 0. The molecule has 100 valence electrons. The number of hydrogen-bond acceptors (Lipinski definition) is 2. The zero-order chi connectivity index (χ0) is 12.6. The number of rotatable bonds is 6. The van der Waals surface area contributed by atoms with E-state index in [1.807, 2.05) is 0 Å². The average Bonchev–Trinajstić information content (AvgIpc) is 2.45. The highest BCUT2D eigenvalue weighted by Crippen LogP contribution is 2.24. The third-order valence-corrected chi connectivity index (χ3v) is 3.97. The molecule has 0 saturated heterocycles. The topological polar surface area (TPSA) is 29.3 Å². The quantitative estimate of drug-likeness (QED) is 0.835. The van der Waals surface area contributed by atoms with E-state index >= 15 is 0 Å². The maximum absolute atomic E-state index is 5.67. The Kier molecular flexibility index (Phi) is 5.69. The molecule has 18 heavy (non-hydrogen) atoms. The van der Waals surface area contributed by atoms with E-state index in [0.717, 1.165) is 32.1 Å². The molecular weight excluding hydrogens is 220 g/mol. The van der Waals surface area contributed by atoms with E-state index in [9.17, 15) is 0 Å². The molecule has 0 aromatic heterocycles. The van der Waals surface area contributed by atoms with Crippen LogP contribution in [0.1, 0.15) is 44.1 Å². The highest BCUT2D eigenvalue weighted by Gasteiger charge is 2.20. The van der Waals surface area contributed by atoms with Crippen molar-refractivity contribution in [1.82, 2.24) is 4.90 Å². The second-order valence-electron chi connectivity index (χ2n) is 5.39. The normalized spacial score (nSPS) is 17.2. The van der Waals surface area contributed by atoms with Crippen molar-refractivity contribution in [2.24, 2.45) is 5.73 Å². The van der Waals surface area contributed by atoms with Gasteiger partial charge in [0.05, 0.1) is 0 Å². The smallest absolute Gasteiger partial charge is 0.0236 e. The van der Waals surface area contributed by atoms with Crippen LogP contribution in [-0.2, 0) is 6.54 Å². The van der Waals surface area contributed by atoms with Gasteiger partial charge in [-0.15, -0.1) is 0 Å². The fraction of sp³-hybridized carbons (Fsp3) is 0.625. The molecule has 2 rings (SSSR count). The molecule has 2 N–H and O–H groups in total. The molecule has 1 aromatic rings. The van der Waals surface area contributed by atoms with Crippen molar-refractivity contribution in [3.63, 3.8) is 0 Å². The van der Waals surface area contributed by atoms with Gasteiger partial charge < -0.3 is 5.73 Å². The predicted octanol–water partition coefficient (Wildman–Crippen LogP) is 3.17. The Bertz CT molecular complexity index is 317. The van der Waals surface area contributed by atoms with Gasteiger partial charge in [0.1, 0.15) is 0 Å². The van der Waals surface area contributed by atoms with Gasteiger partial charge >= 0.3 is 0 Å². The third-order valence-electron chi connectivity index (χ3n) is 3.97. The minimum atomic E-state index is 0.783. The van der Waals surface area contributed by atoms with Gasteiger partial charge in [-0.2, -0.15) is 0 Å². The molecule has 2 heteroatoms. The number of nitrogens with zero attached hydrogens (tertiary/aromatic N) is 1. The molecule has 0 aliphatic heterocycles. The first-order valence-corrected chi connectivity index (χ1v) is 7.38. The maximum atomic E-state index is 5.67. The standard InChI is InChI=1S/C16H26N2/c17-12-7-13-18(16-10-5-2-6-11-16)14-15-8-3-1-4-9-15/h1,3-4,8-9,16H,2,5-7,10-14,17H2. The average molecular weight is 246 g/mol. The zero-order valence-electron chi connectivity index (χ0n) is 11.4. The van der Waals surface area contributed by atoms with Crippen LogP contribution >= 0.6 is 0 Å². The zero-order valence-corrected chi connectivity index (χ0v) is 11.4. The molecule has 0 unspecified atom stereocenters. The van der Waals surface area contributed by atoms with Crippen LogP contribution in [0.4, 0.5) is 0 Å². The van der Waals surface area contributed by atoms with Gasteiger partial charge in [0.2, 0.25) is 0 Å². The summed E-state index contributed by atoms with van der Waals surface area (Å²) >= 11 is 0. The molecule has 1 saturated carbocycles. The van der Waals surface area contributed by atoms with Gasteiger partial charge in [-0.1, -0.05) is 49.6 Å². The Morgan fingerprint density at radius 3 is 2.44 bits per heavy atom. The van der Waals surface area contributed by atoms with Crippen molar-refractivity contribution in [3.8, 4) is 0 Å². The molecule has 1 fully saturated rings. The molecule has 2 nitrogen and oxygen atoms in total. The Balaban J connectivity index is 1.95. The van der Waals surface area contributed by atoms with E-state index < -0.39 is 0 Å². The van der Waals surface area contributed by atoms with Crippen LogP contribution in [0.2, 0.25) is 0 Å². The van der Waals surface area contributed by atoms with Crippen LogP contribution in [0.25, 0.3) is 0 Å². The van der Waals surface area contributed by atoms with Crippen molar-refractivity contribution in [2.45, 2.75) is 51.1 Å². The summed E-state index contributed by atoms with van der Waals surface area (Å²) in [5.41, 5.74) is 7.10. The van der Waals surface area contributed by atoms with E-state index in [1.54, 1.807) is 0 Å². The van der Waals surface area contributed by atoms with Crippen molar-refractivity contribution in [3.05, 3.63) is 35.9 Å². The molecule has 0 heterocycles. The fourth-order valence-electron chi connectivity index (χ4n) is 2.95. The first-order chi connectivity index (χ1) is 8.90. The molecule has 0 atom stereocenters. The van der Waals surface area contributed by atoms with Crippen molar-refractivity contribution >= 4 is 0 Å². The second-order valence-corrected chi connectivity index (χ2v) is 5.39. The summed E-state index contributed by atoms with van der Waals surface area (Å²) in [5.74, 6) is 0. The molecule has 0 bridgehead atoms. The van der Waals surface area contributed by atoms with Gasteiger partial charge in [-0.3, -0.25) is 4.90 Å². The molecule has 1 aliphatic rings. The van der Waals surface area contributed by atoms with Crippen LogP contribution in [0, 0.1) is 0 Å². The van der Waals surface area contributed by atoms with Gasteiger partial charge in [-0.25, -0.2) is 0 Å². The highest BCUT2D eigenvalue weighted by molar-refractivity contribution is 5.14. The van der Waals surface area contributed by atoms with Gasteiger partial charge in [-0.05, 0) is 37.9 Å². The number of nitrogens with two attached hydrogens (primary N) is 1. The first kappa shape index (κ1) is 13.6. The first-order valence-electron chi connectivity index (χ1n) is 7.38. The Morgan fingerprint density at radius 1 is 1.06 bits per heavy atom. The summed E-state index contributed by atoms with van der Waals surface area (Å²) in [6, 6.07) is 11.6. The van der Waals surface area contributed by atoms with Gasteiger partial charge in [0.25, 0.3) is 0 Å². The number of benzene rings is 1. The van der Waals surface area contributed by atoms with Crippen molar-refractivity contribution in [1.29, 1.82) is 0 Å². The van der Waals surface area contributed by atoms with Gasteiger partial charge in [0, 0.05) is 12.6 Å². The minimum Gasteiger partial charge on any atom is -0.330 e. The van der Waals surface area contributed by atoms with Crippen molar-refractivity contribution < 1.29 is 0 Å². The summed E-state index contributed by atoms with van der Waals surface area (Å²) < 4.78 is 0. The SMILES string of the molecule is NCCCN(Cc1ccccc1)C1CCCCC1. The molecule has 0 spiro atoms. The largest absolute Gasteiger partial charge is 0.330 e. The molecule has 0 amide bonds. The Labute approximate surface area is 111 Å². The monoisotopic (exact) mass is 246 g/mol. The highest BCUT2D eigenvalue weighted by atomic mass is 15.2. The molecule has 1 aliphatic carbocycles. The van der Waals surface area contributed by atoms with Crippen LogP contribution < -0.4 is 5.73 Å². The minimum absolute atomic E-state index is 0.783. The van der Waals surface area contributed by atoms with Gasteiger partial charge in [0.15, 0.2) is 0 Å². The lowest BCUT2D eigenvalue weighted by molar-refractivity contribution is 0.147. The predicted molar refractivity (Wildman–Crippen MR) is 77.4 cm³/mol. The fourth-order valence-corrected chi connectivity index (χ4v) is 2.95. The van der Waals surface area contributed by atoms with Crippen LogP contribution in [-0.4, -0.2) is 24.0 Å². The summed E-state index contributed by atoms with van der Waals surface area (Å²) in [4.78, 5) is 2.65. The molecule has 0 radical (unpaired) electrons. The molecular formula is C16H26N2. The van der Waals surface area contributed by atoms with E-state index in [2.05, 4.69) is 35.2 Å². The lowest BCUT2D eigenvalue weighted by Crippen LogP contribution is -2.37. The Morgan fingerprint density at radius 2 is 1.78 bits per heavy atom. The third kappa shape index (κ3) is 4.11. The van der Waals surface area contributed by atoms with E-state index in [1.165, 1.54) is 37.7 Å². The van der Waals surface area contributed by atoms with Crippen LogP contribution in [0.3, 0.4) is 0 Å². The van der Waals surface area contributed by atoms with Crippen LogP contribution in [0.5, 0.6) is 0 Å². The Hall–Kier alpha value is -0.860. The lowest BCUT2D eigenvalue weighted by atomic mass is 9.93. The maximum Gasteiger partial charge on any atom is 0.0236 e. The van der Waals surface area contributed by atoms with E-state index in [-0.39, 0.29) is 0 Å². The second kappa shape index (κ2) is 7.55. The summed E-state index contributed by atoms with van der Waals surface area (Å²) in [5, 5.41) is 0. The van der Waals surface area contributed by atoms with E-state index in [0.29, 0.717) is 0 Å². The number of hydrogen-bond donors (Lipinski definition) is 1. The molecule has 1 aromatic carbocycles. The summed E-state index contributed by atoms with van der Waals surface area (Å²) in [6.07, 6.45) is 8.09.